The number of anilines is 1. The molecule has 1 aliphatic carbocycles. The van der Waals surface area contributed by atoms with Crippen LogP contribution in [0.25, 0.3) is 0 Å². The molecular weight excluding hydrogens is 238 g/mol. The van der Waals surface area contributed by atoms with Crippen LogP contribution in [0.2, 0.25) is 0 Å². The Balaban J connectivity index is 0.00000144. The molecule has 1 saturated carbocycles. The van der Waals surface area contributed by atoms with E-state index in [-0.39, 0.29) is 18.3 Å². The van der Waals surface area contributed by atoms with E-state index in [1.165, 1.54) is 6.42 Å². The van der Waals surface area contributed by atoms with Gasteiger partial charge < -0.3 is 10.6 Å². The summed E-state index contributed by atoms with van der Waals surface area (Å²) in [5, 5.41) is 0. The number of pyridine rings is 1. The molecule has 94 valence electrons. The number of likely N-dealkylation sites (N-methyl/N-ethyl adjacent to an activating group) is 1. The Morgan fingerprint density at radius 2 is 2.24 bits per heavy atom. The van der Waals surface area contributed by atoms with Gasteiger partial charge in [-0.05, 0) is 31.4 Å². The number of nitrogens with two attached hydrogens (primary N) is 1. The minimum Gasteiger partial charge on any atom is -0.397 e. The first kappa shape index (κ1) is 13.8. The van der Waals surface area contributed by atoms with E-state index in [9.17, 15) is 4.79 Å². The first-order valence-electron chi connectivity index (χ1n) is 5.63. The summed E-state index contributed by atoms with van der Waals surface area (Å²) in [5.41, 5.74) is 6.95. The highest BCUT2D eigenvalue weighted by molar-refractivity contribution is 5.85. The fourth-order valence-electron chi connectivity index (χ4n) is 1.80. The van der Waals surface area contributed by atoms with Crippen molar-refractivity contribution >= 4 is 24.0 Å². The van der Waals surface area contributed by atoms with Gasteiger partial charge in [-0.1, -0.05) is 0 Å². The van der Waals surface area contributed by atoms with Crippen LogP contribution in [-0.2, 0) is 11.2 Å². The van der Waals surface area contributed by atoms with Gasteiger partial charge in [0.15, 0.2) is 0 Å². The fraction of sp³-hybridized carbons (Fsp3) is 0.500. The van der Waals surface area contributed by atoms with Crippen molar-refractivity contribution in [2.75, 3.05) is 12.8 Å². The topological polar surface area (TPSA) is 59.2 Å². The number of carbonyl (C=O) groups is 1. The number of halogens is 1. The van der Waals surface area contributed by atoms with Crippen LogP contribution in [0.3, 0.4) is 0 Å². The molecule has 1 aromatic heterocycles. The third kappa shape index (κ3) is 3.33. The Morgan fingerprint density at radius 1 is 1.53 bits per heavy atom. The maximum absolute atomic E-state index is 11.9. The van der Waals surface area contributed by atoms with Gasteiger partial charge in [-0.3, -0.25) is 9.78 Å². The highest BCUT2D eigenvalue weighted by Crippen LogP contribution is 2.23. The second kappa shape index (κ2) is 5.87. The van der Waals surface area contributed by atoms with Crippen LogP contribution >= 0.6 is 12.4 Å². The summed E-state index contributed by atoms with van der Waals surface area (Å²) >= 11 is 0. The van der Waals surface area contributed by atoms with E-state index in [0.717, 1.165) is 18.5 Å². The molecule has 0 saturated heterocycles. The third-order valence-electron chi connectivity index (χ3n) is 3.20. The molecule has 17 heavy (non-hydrogen) atoms. The third-order valence-corrected chi connectivity index (χ3v) is 3.20. The molecule has 0 atom stereocenters. The Labute approximate surface area is 108 Å². The molecule has 1 heterocycles. The average molecular weight is 256 g/mol. The Hall–Kier alpha value is -1.29. The summed E-state index contributed by atoms with van der Waals surface area (Å²) in [6.45, 7) is 0. The minimum atomic E-state index is 0. The van der Waals surface area contributed by atoms with E-state index in [0.29, 0.717) is 18.2 Å². The van der Waals surface area contributed by atoms with E-state index < -0.39 is 0 Å². The molecular formula is C12H18ClN3O. The van der Waals surface area contributed by atoms with Gasteiger partial charge in [0.05, 0.1) is 18.3 Å². The molecule has 0 radical (unpaired) electrons. The normalized spacial score (nSPS) is 14.6. The second-order valence-electron chi connectivity index (χ2n) is 4.35. The molecule has 0 aromatic carbocycles. The summed E-state index contributed by atoms with van der Waals surface area (Å²) in [6, 6.07) is 4.03. The van der Waals surface area contributed by atoms with Crippen LogP contribution in [0, 0.1) is 0 Å². The molecule has 1 aromatic rings. The summed E-state index contributed by atoms with van der Waals surface area (Å²) in [5.74, 6) is 0.141. The van der Waals surface area contributed by atoms with Gasteiger partial charge in [0.2, 0.25) is 5.91 Å². The van der Waals surface area contributed by atoms with Crippen molar-refractivity contribution in [3.8, 4) is 0 Å². The lowest BCUT2D eigenvalue weighted by Gasteiger charge is -2.34. The highest BCUT2D eigenvalue weighted by Gasteiger charge is 2.25. The molecule has 1 amide bonds. The summed E-state index contributed by atoms with van der Waals surface area (Å²) in [4.78, 5) is 17.9. The largest absolute Gasteiger partial charge is 0.397 e. The van der Waals surface area contributed by atoms with Crippen LogP contribution in [0.1, 0.15) is 25.0 Å². The van der Waals surface area contributed by atoms with E-state index in [1.807, 2.05) is 18.0 Å². The number of nitrogen functional groups attached to an aromatic ring is 1. The van der Waals surface area contributed by atoms with Gasteiger partial charge in [0.25, 0.3) is 0 Å². The van der Waals surface area contributed by atoms with Crippen molar-refractivity contribution in [3.05, 3.63) is 24.0 Å². The zero-order valence-electron chi connectivity index (χ0n) is 9.93. The van der Waals surface area contributed by atoms with Crippen LogP contribution in [0.5, 0.6) is 0 Å². The van der Waals surface area contributed by atoms with Crippen molar-refractivity contribution in [2.45, 2.75) is 31.7 Å². The van der Waals surface area contributed by atoms with Crippen molar-refractivity contribution < 1.29 is 4.79 Å². The molecule has 0 spiro atoms. The average Bonchev–Trinajstić information content (AvgIpc) is 2.19. The second-order valence-corrected chi connectivity index (χ2v) is 4.35. The first-order valence-corrected chi connectivity index (χ1v) is 5.63. The highest BCUT2D eigenvalue weighted by atomic mass is 35.5. The summed E-state index contributed by atoms with van der Waals surface area (Å²) < 4.78 is 0. The van der Waals surface area contributed by atoms with Crippen molar-refractivity contribution in [1.29, 1.82) is 0 Å². The molecule has 2 rings (SSSR count). The van der Waals surface area contributed by atoms with Crippen molar-refractivity contribution in [2.24, 2.45) is 0 Å². The summed E-state index contributed by atoms with van der Waals surface area (Å²) in [6.07, 6.45) is 5.47. The quantitative estimate of drug-likeness (QED) is 0.893. The van der Waals surface area contributed by atoms with Crippen molar-refractivity contribution in [1.82, 2.24) is 9.88 Å². The summed E-state index contributed by atoms with van der Waals surface area (Å²) in [7, 11) is 1.88. The smallest absolute Gasteiger partial charge is 0.228 e. The monoisotopic (exact) mass is 255 g/mol. The lowest BCUT2D eigenvalue weighted by molar-refractivity contribution is -0.132. The zero-order chi connectivity index (χ0) is 11.5. The van der Waals surface area contributed by atoms with Crippen LogP contribution in [0.15, 0.2) is 18.3 Å². The van der Waals surface area contributed by atoms with E-state index in [4.69, 9.17) is 5.73 Å². The predicted molar refractivity (Wildman–Crippen MR) is 70.0 cm³/mol. The molecule has 0 bridgehead atoms. The van der Waals surface area contributed by atoms with Gasteiger partial charge in [-0.25, -0.2) is 0 Å². The lowest BCUT2D eigenvalue weighted by atomic mass is 9.91. The Morgan fingerprint density at radius 3 is 2.71 bits per heavy atom. The Bertz CT molecular complexity index is 376. The molecule has 0 aliphatic heterocycles. The van der Waals surface area contributed by atoms with Crippen LogP contribution in [-0.4, -0.2) is 28.9 Å². The molecule has 2 N–H and O–H groups in total. The number of hydrogen-bond donors (Lipinski definition) is 1. The lowest BCUT2D eigenvalue weighted by Crippen LogP contribution is -2.42. The number of carbonyl (C=O) groups excluding carboxylic acids is 1. The molecule has 5 heteroatoms. The van der Waals surface area contributed by atoms with E-state index >= 15 is 0 Å². The predicted octanol–water partition coefficient (Wildman–Crippen LogP) is 1.64. The van der Waals surface area contributed by atoms with E-state index in [1.54, 1.807) is 12.3 Å². The maximum Gasteiger partial charge on any atom is 0.228 e. The van der Waals surface area contributed by atoms with Crippen LogP contribution < -0.4 is 5.73 Å². The number of aromatic nitrogens is 1. The maximum atomic E-state index is 11.9. The number of amides is 1. The zero-order valence-corrected chi connectivity index (χ0v) is 10.7. The molecule has 4 nitrogen and oxygen atoms in total. The van der Waals surface area contributed by atoms with Crippen molar-refractivity contribution in [3.63, 3.8) is 0 Å². The van der Waals surface area contributed by atoms with Gasteiger partial charge in [-0.2, -0.15) is 0 Å². The van der Waals surface area contributed by atoms with Gasteiger partial charge >= 0.3 is 0 Å². The first-order chi connectivity index (χ1) is 7.66. The SMILES string of the molecule is CN(C(=O)Cc1ccc(N)cn1)C1CCC1.Cl. The molecule has 0 unspecified atom stereocenters. The molecule has 1 aliphatic rings. The van der Waals surface area contributed by atoms with Gasteiger partial charge in [0.1, 0.15) is 0 Å². The number of hydrogen-bond acceptors (Lipinski definition) is 3. The van der Waals surface area contributed by atoms with Crippen LogP contribution in [0.4, 0.5) is 5.69 Å². The fourth-order valence-corrected chi connectivity index (χ4v) is 1.80. The van der Waals surface area contributed by atoms with Gasteiger partial charge in [0, 0.05) is 18.8 Å². The van der Waals surface area contributed by atoms with Gasteiger partial charge in [-0.15, -0.1) is 12.4 Å². The number of nitrogens with zero attached hydrogens (tertiary/aromatic N) is 2. The standard InChI is InChI=1S/C12H17N3O.ClH/c1-15(11-3-2-4-11)12(16)7-10-6-5-9(13)8-14-10;/h5-6,8,11H,2-4,7,13H2,1H3;1H. The minimum absolute atomic E-state index is 0. The number of rotatable bonds is 3. The van der Waals surface area contributed by atoms with E-state index in [2.05, 4.69) is 4.98 Å². The molecule has 1 fully saturated rings. The Kier molecular flexibility index (Phi) is 4.75.